The van der Waals surface area contributed by atoms with Gasteiger partial charge in [-0.05, 0) is 96.4 Å². The van der Waals surface area contributed by atoms with Crippen LogP contribution in [0.15, 0.2) is 97.1 Å². The molecule has 0 bridgehead atoms. The molecule has 5 N–H and O–H groups in total. The fourth-order valence-electron chi connectivity index (χ4n) is 3.29. The molecule has 0 saturated carbocycles. The molecule has 0 unspecified atom stereocenters. The predicted octanol–water partition coefficient (Wildman–Crippen LogP) is 7.62. The second kappa shape index (κ2) is 9.26. The van der Waals surface area contributed by atoms with E-state index in [0.717, 1.165) is 39.8 Å². The Morgan fingerprint density at radius 2 is 0.710 bits per heavy atom. The van der Waals surface area contributed by atoms with Gasteiger partial charge in [0.15, 0.2) is 0 Å². The Balaban J connectivity index is 1.34. The van der Waals surface area contributed by atoms with Gasteiger partial charge in [-0.25, -0.2) is 0 Å². The highest BCUT2D eigenvalue weighted by Gasteiger charge is 2.01. The smallest absolute Gasteiger partial charge is 0.0385 e. The lowest BCUT2D eigenvalue weighted by molar-refractivity contribution is 0.867. The first-order valence-electron chi connectivity index (χ1n) is 10.5. The van der Waals surface area contributed by atoms with Gasteiger partial charge in [0.1, 0.15) is 0 Å². The number of hydrogen-bond donors (Lipinski definition) is 4. The number of hydrogen-bond acceptors (Lipinski definition) is 4. The Morgan fingerprint density at radius 3 is 1.00 bits per heavy atom. The van der Waals surface area contributed by atoms with Crippen LogP contribution in [0.2, 0.25) is 0 Å². The van der Waals surface area contributed by atoms with Crippen molar-refractivity contribution in [3.8, 4) is 0 Å². The van der Waals surface area contributed by atoms with Crippen molar-refractivity contribution in [3.05, 3.63) is 103 Å². The van der Waals surface area contributed by atoms with Crippen LogP contribution in [0.4, 0.5) is 39.8 Å². The monoisotopic (exact) mass is 408 g/mol. The van der Waals surface area contributed by atoms with Crippen LogP contribution < -0.4 is 21.7 Å². The summed E-state index contributed by atoms with van der Waals surface area (Å²) in [5.74, 6) is 0.543. The first-order chi connectivity index (χ1) is 15.0. The molecule has 0 aliphatic heterocycles. The topological polar surface area (TPSA) is 62.1 Å². The molecule has 0 atom stereocenters. The lowest BCUT2D eigenvalue weighted by Crippen LogP contribution is -1.94. The molecular formula is C27H28N4. The molecule has 0 aliphatic carbocycles. The SMILES string of the molecule is CC(C)c1ccc(Nc2ccc(Nc3ccc(Nc4ccc(N)cc4)cc3)cc2)cc1. The van der Waals surface area contributed by atoms with E-state index in [0.29, 0.717) is 5.92 Å². The summed E-state index contributed by atoms with van der Waals surface area (Å²) in [4.78, 5) is 0. The molecule has 0 radical (unpaired) electrons. The highest BCUT2D eigenvalue weighted by Crippen LogP contribution is 2.25. The van der Waals surface area contributed by atoms with Crippen LogP contribution in [0.1, 0.15) is 25.3 Å². The van der Waals surface area contributed by atoms with Gasteiger partial charge in [0.25, 0.3) is 0 Å². The molecule has 4 aromatic rings. The molecular weight excluding hydrogens is 380 g/mol. The Hall–Kier alpha value is -3.92. The summed E-state index contributed by atoms with van der Waals surface area (Å²) in [6, 6.07) is 32.8. The van der Waals surface area contributed by atoms with E-state index in [-0.39, 0.29) is 0 Å². The number of nitrogens with one attached hydrogen (secondary N) is 3. The van der Waals surface area contributed by atoms with Crippen molar-refractivity contribution in [2.75, 3.05) is 21.7 Å². The molecule has 0 aromatic heterocycles. The lowest BCUT2D eigenvalue weighted by atomic mass is 10.0. The molecule has 0 aliphatic rings. The zero-order valence-corrected chi connectivity index (χ0v) is 17.9. The van der Waals surface area contributed by atoms with Gasteiger partial charge >= 0.3 is 0 Å². The molecule has 0 spiro atoms. The van der Waals surface area contributed by atoms with E-state index in [9.17, 15) is 0 Å². The molecule has 4 rings (SSSR count). The molecule has 156 valence electrons. The highest BCUT2D eigenvalue weighted by atomic mass is 14.9. The summed E-state index contributed by atoms with van der Waals surface area (Å²) < 4.78 is 0. The van der Waals surface area contributed by atoms with E-state index < -0.39 is 0 Å². The van der Waals surface area contributed by atoms with E-state index in [4.69, 9.17) is 5.73 Å². The van der Waals surface area contributed by atoms with Crippen molar-refractivity contribution in [3.63, 3.8) is 0 Å². The largest absolute Gasteiger partial charge is 0.399 e. The van der Waals surface area contributed by atoms with Gasteiger partial charge in [-0.2, -0.15) is 0 Å². The van der Waals surface area contributed by atoms with E-state index >= 15 is 0 Å². The molecule has 31 heavy (non-hydrogen) atoms. The molecule has 4 aromatic carbocycles. The molecule has 4 nitrogen and oxygen atoms in total. The van der Waals surface area contributed by atoms with Gasteiger partial charge in [-0.1, -0.05) is 26.0 Å². The van der Waals surface area contributed by atoms with E-state index in [1.54, 1.807) is 0 Å². The third-order valence-corrected chi connectivity index (χ3v) is 5.12. The minimum Gasteiger partial charge on any atom is -0.399 e. The number of rotatable bonds is 7. The zero-order valence-electron chi connectivity index (χ0n) is 17.9. The Kier molecular flexibility index (Phi) is 6.08. The standard InChI is InChI=1S/C27H28N4/c1-19(2)20-3-7-22(8-4-20)29-24-11-15-26(16-12-24)31-27-17-13-25(14-18-27)30-23-9-5-21(28)6-10-23/h3-19,29-31H,28H2,1-2H3. The van der Waals surface area contributed by atoms with Gasteiger partial charge in [-0.15, -0.1) is 0 Å². The molecule has 0 heterocycles. The first-order valence-corrected chi connectivity index (χ1v) is 10.5. The summed E-state index contributed by atoms with van der Waals surface area (Å²) in [6.07, 6.45) is 0. The predicted molar refractivity (Wildman–Crippen MR) is 134 cm³/mol. The van der Waals surface area contributed by atoms with Crippen molar-refractivity contribution in [2.24, 2.45) is 0 Å². The fourth-order valence-corrected chi connectivity index (χ4v) is 3.29. The summed E-state index contributed by atoms with van der Waals surface area (Å²) in [5, 5.41) is 10.3. The zero-order chi connectivity index (χ0) is 21.6. The van der Waals surface area contributed by atoms with Crippen molar-refractivity contribution < 1.29 is 0 Å². The normalized spacial score (nSPS) is 10.7. The highest BCUT2D eigenvalue weighted by molar-refractivity contribution is 5.68. The summed E-state index contributed by atoms with van der Waals surface area (Å²) >= 11 is 0. The maximum absolute atomic E-state index is 5.74. The first kappa shape index (κ1) is 20.4. The van der Waals surface area contributed by atoms with Crippen LogP contribution in [0.5, 0.6) is 0 Å². The van der Waals surface area contributed by atoms with Gasteiger partial charge in [0, 0.05) is 39.8 Å². The number of nitrogen functional groups attached to an aromatic ring is 1. The minimum atomic E-state index is 0.543. The third kappa shape index (κ3) is 5.58. The minimum absolute atomic E-state index is 0.543. The van der Waals surface area contributed by atoms with E-state index in [2.05, 4.69) is 103 Å². The fraction of sp³-hybridized carbons (Fsp3) is 0.111. The average molecular weight is 409 g/mol. The maximum Gasteiger partial charge on any atom is 0.0385 e. The van der Waals surface area contributed by atoms with Crippen molar-refractivity contribution in [1.29, 1.82) is 0 Å². The number of nitrogens with two attached hydrogens (primary N) is 1. The number of benzene rings is 4. The van der Waals surface area contributed by atoms with Gasteiger partial charge < -0.3 is 21.7 Å². The third-order valence-electron chi connectivity index (χ3n) is 5.12. The Labute approximate surface area is 184 Å². The van der Waals surface area contributed by atoms with Crippen molar-refractivity contribution in [1.82, 2.24) is 0 Å². The van der Waals surface area contributed by atoms with Crippen molar-refractivity contribution in [2.45, 2.75) is 19.8 Å². The van der Waals surface area contributed by atoms with Crippen LogP contribution in [-0.4, -0.2) is 0 Å². The summed E-state index contributed by atoms with van der Waals surface area (Å²) in [7, 11) is 0. The molecule has 0 amide bonds. The van der Waals surface area contributed by atoms with Crippen LogP contribution in [-0.2, 0) is 0 Å². The molecule has 0 fully saturated rings. The number of anilines is 7. The molecule has 4 heteroatoms. The van der Waals surface area contributed by atoms with Gasteiger partial charge in [-0.3, -0.25) is 0 Å². The Morgan fingerprint density at radius 1 is 0.452 bits per heavy atom. The van der Waals surface area contributed by atoms with Crippen LogP contribution in [0, 0.1) is 0 Å². The Bertz CT molecular complexity index is 1100. The average Bonchev–Trinajstić information content (AvgIpc) is 2.78. The summed E-state index contributed by atoms with van der Waals surface area (Å²) in [5.41, 5.74) is 14.1. The second-order valence-corrected chi connectivity index (χ2v) is 7.93. The lowest BCUT2D eigenvalue weighted by Gasteiger charge is -2.12. The van der Waals surface area contributed by atoms with Crippen LogP contribution in [0.25, 0.3) is 0 Å². The van der Waals surface area contributed by atoms with Crippen molar-refractivity contribution >= 4 is 39.8 Å². The van der Waals surface area contributed by atoms with Gasteiger partial charge in [0.2, 0.25) is 0 Å². The van der Waals surface area contributed by atoms with E-state index in [1.165, 1.54) is 5.56 Å². The maximum atomic E-state index is 5.74. The second-order valence-electron chi connectivity index (χ2n) is 7.93. The van der Waals surface area contributed by atoms with Crippen LogP contribution >= 0.6 is 0 Å². The van der Waals surface area contributed by atoms with Gasteiger partial charge in [0.05, 0.1) is 0 Å². The quantitative estimate of drug-likeness (QED) is 0.237. The van der Waals surface area contributed by atoms with Crippen LogP contribution in [0.3, 0.4) is 0 Å². The van der Waals surface area contributed by atoms with E-state index in [1.807, 2.05) is 24.3 Å². The summed E-state index contributed by atoms with van der Waals surface area (Å²) in [6.45, 7) is 4.41. The molecule has 0 saturated heterocycles.